The van der Waals surface area contributed by atoms with Crippen LogP contribution in [0.3, 0.4) is 0 Å². The van der Waals surface area contributed by atoms with Gasteiger partial charge in [0, 0.05) is 23.6 Å². The molecule has 1 N–H and O–H groups in total. The van der Waals surface area contributed by atoms with Gasteiger partial charge in [-0.3, -0.25) is 4.79 Å². The molecule has 1 aromatic carbocycles. The second kappa shape index (κ2) is 8.39. The summed E-state index contributed by atoms with van der Waals surface area (Å²) in [5.41, 5.74) is 1.12. The van der Waals surface area contributed by atoms with Crippen LogP contribution in [0.5, 0.6) is 5.75 Å². The van der Waals surface area contributed by atoms with Crippen LogP contribution >= 0.6 is 0 Å². The summed E-state index contributed by atoms with van der Waals surface area (Å²) in [6.07, 6.45) is 6.39. The zero-order valence-corrected chi connectivity index (χ0v) is 15.5. The van der Waals surface area contributed by atoms with Crippen molar-refractivity contribution in [3.05, 3.63) is 40.2 Å². The molecule has 0 radical (unpaired) electrons. The minimum absolute atomic E-state index is 0.0341. The number of nitrogens with one attached hydrogen (secondary N) is 1. The Morgan fingerprint density at radius 2 is 2.08 bits per heavy atom. The van der Waals surface area contributed by atoms with Crippen molar-refractivity contribution in [1.82, 2.24) is 5.32 Å². The molecule has 1 aliphatic carbocycles. The highest BCUT2D eigenvalue weighted by Crippen LogP contribution is 2.25. The Labute approximate surface area is 153 Å². The standard InChI is InChI=1S/C21H27NO4/c1-3-6-15-11-21(24)26-19-12-16(9-10-17(15)19)25-13-20(23)22-18-8-5-4-7-14(18)2/h9-12,14,18H,3-8,13H2,1-2H3,(H,22,23)/t14-,18+/m1/s1. The van der Waals surface area contributed by atoms with E-state index in [4.69, 9.17) is 9.15 Å². The lowest BCUT2D eigenvalue weighted by atomic mass is 9.86. The smallest absolute Gasteiger partial charge is 0.336 e. The van der Waals surface area contributed by atoms with Crippen LogP contribution in [0.25, 0.3) is 11.0 Å². The Morgan fingerprint density at radius 1 is 1.27 bits per heavy atom. The van der Waals surface area contributed by atoms with Crippen LogP contribution in [-0.2, 0) is 11.2 Å². The van der Waals surface area contributed by atoms with Crippen LogP contribution in [-0.4, -0.2) is 18.6 Å². The third-order valence-corrected chi connectivity index (χ3v) is 5.15. The number of aryl methyl sites for hydroxylation is 1. The zero-order chi connectivity index (χ0) is 18.5. The molecule has 0 spiro atoms. The SMILES string of the molecule is CCCc1cc(=O)oc2cc(OCC(=O)N[C@H]3CCCC[C@H]3C)ccc12. The minimum Gasteiger partial charge on any atom is -0.484 e. The van der Waals surface area contributed by atoms with Crippen molar-refractivity contribution in [2.24, 2.45) is 5.92 Å². The normalized spacial score (nSPS) is 20.1. The van der Waals surface area contributed by atoms with Gasteiger partial charge in [-0.15, -0.1) is 0 Å². The van der Waals surface area contributed by atoms with Crippen LogP contribution < -0.4 is 15.7 Å². The first-order valence-electron chi connectivity index (χ1n) is 9.55. The summed E-state index contributed by atoms with van der Waals surface area (Å²) < 4.78 is 10.9. The molecule has 0 saturated heterocycles. The largest absolute Gasteiger partial charge is 0.484 e. The zero-order valence-electron chi connectivity index (χ0n) is 15.5. The molecule has 3 rings (SSSR count). The molecule has 140 valence electrons. The molecule has 5 heteroatoms. The van der Waals surface area contributed by atoms with Crippen LogP contribution in [0.15, 0.2) is 33.5 Å². The number of hydrogen-bond acceptors (Lipinski definition) is 4. The van der Waals surface area contributed by atoms with Crippen LogP contribution in [0.4, 0.5) is 0 Å². The number of carbonyl (C=O) groups excluding carboxylic acids is 1. The average molecular weight is 357 g/mol. The molecular weight excluding hydrogens is 330 g/mol. The molecule has 1 fully saturated rings. The monoisotopic (exact) mass is 357 g/mol. The third-order valence-electron chi connectivity index (χ3n) is 5.15. The van der Waals surface area contributed by atoms with Gasteiger partial charge in [-0.2, -0.15) is 0 Å². The molecule has 1 saturated carbocycles. The van der Waals surface area contributed by atoms with Gasteiger partial charge in [0.05, 0.1) is 0 Å². The van der Waals surface area contributed by atoms with Gasteiger partial charge < -0.3 is 14.5 Å². The van der Waals surface area contributed by atoms with Crippen molar-refractivity contribution in [3.63, 3.8) is 0 Å². The predicted molar refractivity (Wildman–Crippen MR) is 102 cm³/mol. The van der Waals surface area contributed by atoms with Crippen LogP contribution in [0.2, 0.25) is 0 Å². The predicted octanol–water partition coefficient (Wildman–Crippen LogP) is 3.82. The highest BCUT2D eigenvalue weighted by molar-refractivity contribution is 5.82. The van der Waals surface area contributed by atoms with Gasteiger partial charge in [-0.1, -0.05) is 33.1 Å². The molecule has 0 bridgehead atoms. The van der Waals surface area contributed by atoms with Gasteiger partial charge in [0.25, 0.3) is 5.91 Å². The molecule has 0 aliphatic heterocycles. The van der Waals surface area contributed by atoms with Gasteiger partial charge in [-0.25, -0.2) is 4.79 Å². The van der Waals surface area contributed by atoms with E-state index in [-0.39, 0.29) is 24.2 Å². The lowest BCUT2D eigenvalue weighted by Gasteiger charge is -2.29. The fourth-order valence-corrected chi connectivity index (χ4v) is 3.70. The topological polar surface area (TPSA) is 68.5 Å². The van der Waals surface area contributed by atoms with E-state index in [9.17, 15) is 9.59 Å². The van der Waals surface area contributed by atoms with E-state index >= 15 is 0 Å². The molecule has 26 heavy (non-hydrogen) atoms. The van der Waals surface area contributed by atoms with Crippen molar-refractivity contribution >= 4 is 16.9 Å². The molecule has 0 unspecified atom stereocenters. The summed E-state index contributed by atoms with van der Waals surface area (Å²) in [4.78, 5) is 23.9. The van der Waals surface area contributed by atoms with Gasteiger partial charge in [0.1, 0.15) is 11.3 Å². The Hall–Kier alpha value is -2.30. The van der Waals surface area contributed by atoms with Crippen molar-refractivity contribution in [2.75, 3.05) is 6.61 Å². The Balaban J connectivity index is 1.65. The number of carbonyl (C=O) groups is 1. The van der Waals surface area contributed by atoms with Crippen molar-refractivity contribution in [3.8, 4) is 5.75 Å². The first-order chi connectivity index (χ1) is 12.6. The maximum absolute atomic E-state index is 12.2. The first kappa shape index (κ1) is 18.5. The Bertz CT molecular complexity index is 826. The number of benzene rings is 1. The van der Waals surface area contributed by atoms with Gasteiger partial charge in [-0.05, 0) is 42.9 Å². The third kappa shape index (κ3) is 4.45. The number of amides is 1. The van der Waals surface area contributed by atoms with Gasteiger partial charge in [0.15, 0.2) is 6.61 Å². The summed E-state index contributed by atoms with van der Waals surface area (Å²) in [7, 11) is 0. The van der Waals surface area contributed by atoms with Crippen LogP contribution in [0.1, 0.15) is 51.5 Å². The highest BCUT2D eigenvalue weighted by Gasteiger charge is 2.22. The fraction of sp³-hybridized carbons (Fsp3) is 0.524. The molecule has 5 nitrogen and oxygen atoms in total. The van der Waals surface area contributed by atoms with Crippen molar-refractivity contribution < 1.29 is 13.9 Å². The van der Waals surface area contributed by atoms with E-state index in [0.717, 1.165) is 36.6 Å². The number of rotatable bonds is 6. The molecule has 1 amide bonds. The molecule has 2 aromatic rings. The highest BCUT2D eigenvalue weighted by atomic mass is 16.5. The van der Waals surface area contributed by atoms with E-state index in [1.165, 1.54) is 12.8 Å². The van der Waals surface area contributed by atoms with E-state index in [0.29, 0.717) is 17.3 Å². The fourth-order valence-electron chi connectivity index (χ4n) is 3.70. The summed E-state index contributed by atoms with van der Waals surface area (Å²) >= 11 is 0. The lowest BCUT2D eigenvalue weighted by molar-refractivity contribution is -0.124. The Kier molecular flexibility index (Phi) is 5.96. The molecule has 2 atom stereocenters. The maximum atomic E-state index is 12.2. The molecular formula is C21H27NO4. The molecule has 1 aromatic heterocycles. The summed E-state index contributed by atoms with van der Waals surface area (Å²) in [5.74, 6) is 0.936. The van der Waals surface area contributed by atoms with Gasteiger partial charge in [0.2, 0.25) is 0 Å². The number of fused-ring (bicyclic) bond motifs is 1. The molecule has 1 heterocycles. The van der Waals surface area contributed by atoms with E-state index in [2.05, 4.69) is 19.2 Å². The Morgan fingerprint density at radius 3 is 2.85 bits per heavy atom. The maximum Gasteiger partial charge on any atom is 0.336 e. The minimum atomic E-state index is -0.359. The van der Waals surface area contributed by atoms with Crippen molar-refractivity contribution in [1.29, 1.82) is 0 Å². The second-order valence-electron chi connectivity index (χ2n) is 7.22. The van der Waals surface area contributed by atoms with E-state index in [1.54, 1.807) is 12.1 Å². The second-order valence-corrected chi connectivity index (χ2v) is 7.22. The number of hydrogen-bond donors (Lipinski definition) is 1. The first-order valence-corrected chi connectivity index (χ1v) is 9.55. The summed E-state index contributed by atoms with van der Waals surface area (Å²) in [6, 6.07) is 7.18. The summed E-state index contributed by atoms with van der Waals surface area (Å²) in [5, 5.41) is 3.99. The average Bonchev–Trinajstić information content (AvgIpc) is 2.62. The lowest BCUT2D eigenvalue weighted by Crippen LogP contribution is -2.43. The van der Waals surface area contributed by atoms with Gasteiger partial charge >= 0.3 is 5.63 Å². The quantitative estimate of drug-likeness (QED) is 0.798. The van der Waals surface area contributed by atoms with Crippen molar-refractivity contribution in [2.45, 2.75) is 58.4 Å². The van der Waals surface area contributed by atoms with E-state index < -0.39 is 0 Å². The van der Waals surface area contributed by atoms with Crippen LogP contribution in [0, 0.1) is 5.92 Å². The summed E-state index contributed by atoms with van der Waals surface area (Å²) in [6.45, 7) is 4.22. The van der Waals surface area contributed by atoms with E-state index in [1.807, 2.05) is 12.1 Å². The number of ether oxygens (including phenoxy) is 1. The molecule has 1 aliphatic rings.